The van der Waals surface area contributed by atoms with Gasteiger partial charge < -0.3 is 9.84 Å². The fraction of sp³-hybridized carbons (Fsp3) is 0.231. The maximum Gasteiger partial charge on any atom is 0.370 e. The molecule has 2 rings (SSSR count). The third kappa shape index (κ3) is 2.63. The van der Waals surface area contributed by atoms with E-state index in [4.69, 9.17) is 4.52 Å². The Morgan fingerprint density at radius 1 is 1.37 bits per heavy atom. The summed E-state index contributed by atoms with van der Waals surface area (Å²) < 4.78 is 7.06. The molecule has 0 atom stereocenters. The van der Waals surface area contributed by atoms with Crippen LogP contribution < -0.4 is 10.9 Å². The second-order valence-corrected chi connectivity index (χ2v) is 5.17. The molecule has 0 aliphatic heterocycles. The SMILES string of the molecule is Cc1cc(Br)ccc1NC(=O)c1c(C)n(C)oc1=O. The summed E-state index contributed by atoms with van der Waals surface area (Å²) in [6, 6.07) is 5.48. The predicted molar refractivity (Wildman–Crippen MR) is 75.5 cm³/mol. The molecule has 0 bridgehead atoms. The summed E-state index contributed by atoms with van der Waals surface area (Å²) in [5.41, 5.74) is 1.46. The third-order valence-electron chi connectivity index (χ3n) is 2.92. The first-order valence-electron chi connectivity index (χ1n) is 5.64. The van der Waals surface area contributed by atoms with Gasteiger partial charge >= 0.3 is 5.63 Å². The summed E-state index contributed by atoms with van der Waals surface area (Å²) in [5.74, 6) is -0.461. The molecule has 0 aliphatic carbocycles. The van der Waals surface area contributed by atoms with E-state index in [1.165, 1.54) is 4.74 Å². The van der Waals surface area contributed by atoms with Crippen molar-refractivity contribution in [3.8, 4) is 0 Å². The molecule has 1 heterocycles. The normalized spacial score (nSPS) is 10.5. The zero-order valence-electron chi connectivity index (χ0n) is 10.8. The van der Waals surface area contributed by atoms with E-state index >= 15 is 0 Å². The van der Waals surface area contributed by atoms with Crippen LogP contribution in [0.5, 0.6) is 0 Å². The highest BCUT2D eigenvalue weighted by atomic mass is 79.9. The molecule has 0 radical (unpaired) electrons. The van der Waals surface area contributed by atoms with E-state index in [2.05, 4.69) is 21.2 Å². The summed E-state index contributed by atoms with van der Waals surface area (Å²) in [5, 5.41) is 2.72. The summed E-state index contributed by atoms with van der Waals surface area (Å²) in [6.07, 6.45) is 0. The van der Waals surface area contributed by atoms with Crippen molar-refractivity contribution in [1.29, 1.82) is 0 Å². The number of halogens is 1. The van der Waals surface area contributed by atoms with Crippen molar-refractivity contribution in [2.75, 3.05) is 5.32 Å². The van der Waals surface area contributed by atoms with Crippen LogP contribution in [0.15, 0.2) is 32.0 Å². The molecule has 1 aromatic carbocycles. The van der Waals surface area contributed by atoms with Gasteiger partial charge in [0.05, 0.1) is 5.69 Å². The van der Waals surface area contributed by atoms with Gasteiger partial charge in [-0.1, -0.05) is 15.9 Å². The fourth-order valence-electron chi connectivity index (χ4n) is 1.75. The molecule has 0 saturated heterocycles. The average Bonchev–Trinajstić information content (AvgIpc) is 2.57. The summed E-state index contributed by atoms with van der Waals surface area (Å²) >= 11 is 3.35. The van der Waals surface area contributed by atoms with Crippen molar-refractivity contribution >= 4 is 27.5 Å². The molecular weight excluding hydrogens is 312 g/mol. The molecule has 5 nitrogen and oxygen atoms in total. The number of benzene rings is 1. The largest absolute Gasteiger partial charge is 0.370 e. The van der Waals surface area contributed by atoms with Gasteiger partial charge in [0.25, 0.3) is 5.91 Å². The number of amides is 1. The highest BCUT2D eigenvalue weighted by molar-refractivity contribution is 9.10. The third-order valence-corrected chi connectivity index (χ3v) is 3.42. The minimum Gasteiger partial charge on any atom is -0.336 e. The number of rotatable bonds is 2. The highest BCUT2D eigenvalue weighted by Crippen LogP contribution is 2.20. The van der Waals surface area contributed by atoms with Crippen LogP contribution >= 0.6 is 15.9 Å². The van der Waals surface area contributed by atoms with Crippen LogP contribution in [0, 0.1) is 13.8 Å². The Bertz CT molecular complexity index is 700. The van der Waals surface area contributed by atoms with Crippen LogP contribution in [0.25, 0.3) is 0 Å². The van der Waals surface area contributed by atoms with Gasteiger partial charge in [-0.2, -0.15) is 0 Å². The molecule has 0 spiro atoms. The molecular formula is C13H13BrN2O3. The standard InChI is InChI=1S/C13H13BrN2O3/c1-7-6-9(14)4-5-10(7)15-12(17)11-8(2)16(3)19-13(11)18/h4-6H,1-3H3,(H,15,17). The van der Waals surface area contributed by atoms with Gasteiger partial charge in [0, 0.05) is 17.2 Å². The Morgan fingerprint density at radius 2 is 2.05 bits per heavy atom. The Kier molecular flexibility index (Phi) is 3.61. The molecule has 1 aromatic heterocycles. The molecule has 0 saturated carbocycles. The molecule has 1 amide bonds. The number of hydrogen-bond acceptors (Lipinski definition) is 3. The van der Waals surface area contributed by atoms with Crippen molar-refractivity contribution < 1.29 is 9.32 Å². The number of carbonyl (C=O) groups excluding carboxylic acids is 1. The van der Waals surface area contributed by atoms with Crippen molar-refractivity contribution in [1.82, 2.24) is 4.74 Å². The smallest absolute Gasteiger partial charge is 0.336 e. The zero-order chi connectivity index (χ0) is 14.2. The molecule has 2 aromatic rings. The van der Waals surface area contributed by atoms with E-state index < -0.39 is 11.5 Å². The van der Waals surface area contributed by atoms with E-state index in [0.717, 1.165) is 10.0 Å². The zero-order valence-corrected chi connectivity index (χ0v) is 12.4. The molecule has 0 unspecified atom stereocenters. The quantitative estimate of drug-likeness (QED) is 0.923. The van der Waals surface area contributed by atoms with Crippen LogP contribution in [-0.2, 0) is 7.05 Å². The van der Waals surface area contributed by atoms with E-state index in [1.807, 2.05) is 19.1 Å². The number of carbonyl (C=O) groups is 1. The first kappa shape index (κ1) is 13.6. The lowest BCUT2D eigenvalue weighted by Gasteiger charge is -2.07. The molecule has 19 heavy (non-hydrogen) atoms. The highest BCUT2D eigenvalue weighted by Gasteiger charge is 2.20. The van der Waals surface area contributed by atoms with Gasteiger partial charge in [-0.3, -0.25) is 4.79 Å². The summed E-state index contributed by atoms with van der Waals surface area (Å²) in [7, 11) is 1.58. The number of aryl methyl sites for hydroxylation is 2. The van der Waals surface area contributed by atoms with Gasteiger partial charge in [-0.15, -0.1) is 0 Å². The molecule has 0 fully saturated rings. The second kappa shape index (κ2) is 5.05. The van der Waals surface area contributed by atoms with E-state index in [9.17, 15) is 9.59 Å². The van der Waals surface area contributed by atoms with Gasteiger partial charge in [0.1, 0.15) is 5.56 Å². The van der Waals surface area contributed by atoms with Gasteiger partial charge in [0.2, 0.25) is 0 Å². The van der Waals surface area contributed by atoms with Crippen molar-refractivity contribution in [3.05, 3.63) is 49.9 Å². The van der Waals surface area contributed by atoms with Crippen molar-refractivity contribution in [3.63, 3.8) is 0 Å². The number of hydrogen-bond donors (Lipinski definition) is 1. The lowest BCUT2D eigenvalue weighted by Crippen LogP contribution is -2.19. The second-order valence-electron chi connectivity index (χ2n) is 4.25. The first-order valence-corrected chi connectivity index (χ1v) is 6.44. The Morgan fingerprint density at radius 3 is 2.58 bits per heavy atom. The summed E-state index contributed by atoms with van der Waals surface area (Å²) in [6.45, 7) is 3.54. The topological polar surface area (TPSA) is 64.2 Å². The van der Waals surface area contributed by atoms with Crippen LogP contribution in [-0.4, -0.2) is 10.6 Å². The predicted octanol–water partition coefficient (Wildman–Crippen LogP) is 2.61. The van der Waals surface area contributed by atoms with E-state index in [0.29, 0.717) is 11.4 Å². The molecule has 100 valence electrons. The molecule has 6 heteroatoms. The minimum absolute atomic E-state index is 0.0322. The first-order chi connectivity index (χ1) is 8.90. The van der Waals surface area contributed by atoms with Gasteiger partial charge in [0.15, 0.2) is 0 Å². The number of aromatic nitrogens is 1. The van der Waals surface area contributed by atoms with Crippen LogP contribution in [0.2, 0.25) is 0 Å². The van der Waals surface area contributed by atoms with Crippen LogP contribution in [0.3, 0.4) is 0 Å². The van der Waals surface area contributed by atoms with Crippen LogP contribution in [0.4, 0.5) is 5.69 Å². The Hall–Kier alpha value is -1.82. The fourth-order valence-corrected chi connectivity index (χ4v) is 2.23. The van der Waals surface area contributed by atoms with Gasteiger partial charge in [-0.05, 0) is 37.6 Å². The maximum absolute atomic E-state index is 12.1. The number of nitrogens with zero attached hydrogens (tertiary/aromatic N) is 1. The van der Waals surface area contributed by atoms with E-state index in [-0.39, 0.29) is 5.56 Å². The van der Waals surface area contributed by atoms with Crippen LogP contribution in [0.1, 0.15) is 21.6 Å². The molecule has 0 aliphatic rings. The Balaban J connectivity index is 2.33. The van der Waals surface area contributed by atoms with E-state index in [1.54, 1.807) is 20.0 Å². The average molecular weight is 325 g/mol. The van der Waals surface area contributed by atoms with Gasteiger partial charge in [-0.25, -0.2) is 9.53 Å². The Labute approximate surface area is 118 Å². The minimum atomic E-state index is -0.632. The molecule has 1 N–H and O–H groups in total. The maximum atomic E-state index is 12.1. The van der Waals surface area contributed by atoms with Crippen molar-refractivity contribution in [2.45, 2.75) is 13.8 Å². The summed E-state index contributed by atoms with van der Waals surface area (Å²) in [4.78, 5) is 23.7. The number of anilines is 1. The number of nitrogens with one attached hydrogen (secondary N) is 1. The lowest BCUT2D eigenvalue weighted by atomic mass is 10.2. The lowest BCUT2D eigenvalue weighted by molar-refractivity contribution is 0.102. The van der Waals surface area contributed by atoms with Crippen molar-refractivity contribution in [2.24, 2.45) is 7.05 Å². The monoisotopic (exact) mass is 324 g/mol.